The average molecular weight is 611 g/mol. The number of aliphatic hydroxyl groups excluding tert-OH is 1. The van der Waals surface area contributed by atoms with Gasteiger partial charge in [-0.15, -0.1) is 0 Å². The van der Waals surface area contributed by atoms with Crippen LogP contribution >= 0.6 is 0 Å². The first-order chi connectivity index (χ1) is 21.4. The van der Waals surface area contributed by atoms with E-state index in [0.29, 0.717) is 11.5 Å². The molecular weight excluding hydrogens is 548 g/mol. The van der Waals surface area contributed by atoms with E-state index in [4.69, 9.17) is 5.21 Å². The molecule has 0 aromatic heterocycles. The Morgan fingerprint density at radius 2 is 1.34 bits per heavy atom. The summed E-state index contributed by atoms with van der Waals surface area (Å²) in [7, 11) is 0. The van der Waals surface area contributed by atoms with Crippen LogP contribution in [0.2, 0.25) is 0 Å². The number of hydrogen-bond donors (Lipinski definition) is 4. The maximum atomic E-state index is 10.5. The van der Waals surface area contributed by atoms with Gasteiger partial charge in [0.1, 0.15) is 5.75 Å². The SMILES string of the molecule is CCCCC(CC)/C(=N\O)C(O)C(CC)CCCC.CCCCCCCCCc1ccc(-c2ccc(/C=N/O)cc2)c(O)c1. The Bertz CT molecular complexity index is 1050. The standard InChI is InChI=1S/C22H29NO2.C16H33NO2/c1-2-3-4-5-6-7-8-9-18-12-15-21(22(24)16-18)20-13-10-19(11-14-20)17-23-25;1-5-9-11-13(7-3)15(17-19)16(18)14(8-4)12-10-6-2/h10-17,24-25H,2-9H2,1H3;13-14,16,18-19H,5-12H2,1-4H3/b23-17+;17-15+. The number of unbranched alkanes of at least 4 members (excludes halogenated alkanes) is 8. The normalized spacial score (nSPS) is 13.8. The quantitative estimate of drug-likeness (QED) is 0.0488. The summed E-state index contributed by atoms with van der Waals surface area (Å²) in [4.78, 5) is 0. The van der Waals surface area contributed by atoms with E-state index in [1.165, 1.54) is 56.7 Å². The molecule has 0 radical (unpaired) electrons. The van der Waals surface area contributed by atoms with Gasteiger partial charge in [0.15, 0.2) is 0 Å². The molecule has 0 spiro atoms. The Labute approximate surface area is 268 Å². The molecule has 0 aliphatic heterocycles. The number of rotatable bonds is 21. The first kappa shape index (κ1) is 39.2. The summed E-state index contributed by atoms with van der Waals surface area (Å²) < 4.78 is 0. The molecule has 2 aromatic carbocycles. The summed E-state index contributed by atoms with van der Waals surface area (Å²) in [5.74, 6) is 0.765. The van der Waals surface area contributed by atoms with Gasteiger partial charge in [-0.2, -0.15) is 0 Å². The monoisotopic (exact) mass is 610 g/mol. The van der Waals surface area contributed by atoms with Gasteiger partial charge >= 0.3 is 0 Å². The van der Waals surface area contributed by atoms with Crippen LogP contribution in [0.3, 0.4) is 0 Å². The van der Waals surface area contributed by atoms with Gasteiger partial charge in [0, 0.05) is 11.5 Å². The first-order valence-electron chi connectivity index (χ1n) is 17.4. The summed E-state index contributed by atoms with van der Waals surface area (Å²) in [6.45, 7) is 10.8. The number of aryl methyl sites for hydroxylation is 1. The summed E-state index contributed by atoms with van der Waals surface area (Å²) >= 11 is 0. The lowest BCUT2D eigenvalue weighted by atomic mass is 9.83. The largest absolute Gasteiger partial charge is 0.507 e. The molecule has 248 valence electrons. The maximum Gasteiger partial charge on any atom is 0.123 e. The predicted molar refractivity (Wildman–Crippen MR) is 186 cm³/mol. The lowest BCUT2D eigenvalue weighted by Crippen LogP contribution is -2.34. The van der Waals surface area contributed by atoms with Crippen LogP contribution in [-0.2, 0) is 6.42 Å². The van der Waals surface area contributed by atoms with Crippen molar-refractivity contribution in [2.75, 3.05) is 0 Å². The lowest BCUT2D eigenvalue weighted by Gasteiger charge is -2.26. The van der Waals surface area contributed by atoms with Crippen LogP contribution in [0, 0.1) is 11.8 Å². The molecule has 2 rings (SSSR count). The molecule has 2 aromatic rings. The Morgan fingerprint density at radius 1 is 0.727 bits per heavy atom. The van der Waals surface area contributed by atoms with Gasteiger partial charge in [-0.05, 0) is 60.8 Å². The highest BCUT2D eigenvalue weighted by atomic mass is 16.4. The molecule has 0 aliphatic rings. The molecule has 0 aliphatic carbocycles. The third-order valence-corrected chi connectivity index (χ3v) is 8.69. The predicted octanol–water partition coefficient (Wildman–Crippen LogP) is 10.8. The van der Waals surface area contributed by atoms with Crippen LogP contribution in [0.5, 0.6) is 5.75 Å². The van der Waals surface area contributed by atoms with Crippen LogP contribution in [0.1, 0.15) is 142 Å². The molecule has 44 heavy (non-hydrogen) atoms. The number of phenolic OH excluding ortho intramolecular Hbond substituents is 1. The second-order valence-corrected chi connectivity index (χ2v) is 12.1. The second-order valence-electron chi connectivity index (χ2n) is 12.1. The Morgan fingerprint density at radius 3 is 1.89 bits per heavy atom. The molecule has 0 heterocycles. The molecule has 6 nitrogen and oxygen atoms in total. The second kappa shape index (κ2) is 24.5. The minimum Gasteiger partial charge on any atom is -0.507 e. The van der Waals surface area contributed by atoms with Crippen LogP contribution < -0.4 is 0 Å². The van der Waals surface area contributed by atoms with Gasteiger partial charge in [-0.25, -0.2) is 0 Å². The van der Waals surface area contributed by atoms with Crippen molar-refractivity contribution >= 4 is 11.9 Å². The third kappa shape index (κ3) is 14.7. The zero-order valence-electron chi connectivity index (χ0n) is 28.3. The van der Waals surface area contributed by atoms with Crippen molar-refractivity contribution in [3.05, 3.63) is 53.6 Å². The van der Waals surface area contributed by atoms with Gasteiger partial charge < -0.3 is 20.6 Å². The molecule has 0 saturated carbocycles. The van der Waals surface area contributed by atoms with Crippen molar-refractivity contribution in [2.24, 2.45) is 22.1 Å². The molecule has 3 atom stereocenters. The third-order valence-electron chi connectivity index (χ3n) is 8.69. The fourth-order valence-corrected chi connectivity index (χ4v) is 5.77. The summed E-state index contributed by atoms with van der Waals surface area (Å²) in [6.07, 6.45) is 19.3. The number of aromatic hydroxyl groups is 1. The van der Waals surface area contributed by atoms with E-state index in [1.807, 2.05) is 36.4 Å². The fraction of sp³-hybridized carbons (Fsp3) is 0.632. The molecule has 6 heteroatoms. The lowest BCUT2D eigenvalue weighted by molar-refractivity contribution is 0.146. The van der Waals surface area contributed by atoms with Crippen LogP contribution in [0.15, 0.2) is 52.8 Å². The van der Waals surface area contributed by atoms with E-state index in [2.05, 4.69) is 51.0 Å². The zero-order valence-corrected chi connectivity index (χ0v) is 28.3. The van der Waals surface area contributed by atoms with E-state index >= 15 is 0 Å². The van der Waals surface area contributed by atoms with E-state index in [1.54, 1.807) is 0 Å². The van der Waals surface area contributed by atoms with Crippen molar-refractivity contribution in [1.29, 1.82) is 0 Å². The summed E-state index contributed by atoms with van der Waals surface area (Å²) in [5.41, 5.74) is 4.41. The van der Waals surface area contributed by atoms with E-state index < -0.39 is 6.10 Å². The van der Waals surface area contributed by atoms with Crippen molar-refractivity contribution in [3.63, 3.8) is 0 Å². The average Bonchev–Trinajstić information content (AvgIpc) is 3.04. The highest BCUT2D eigenvalue weighted by molar-refractivity contribution is 5.90. The van der Waals surface area contributed by atoms with E-state index in [0.717, 1.165) is 74.5 Å². The van der Waals surface area contributed by atoms with Gasteiger partial charge in [0.2, 0.25) is 0 Å². The van der Waals surface area contributed by atoms with Gasteiger partial charge in [-0.3, -0.25) is 0 Å². The molecule has 4 N–H and O–H groups in total. The minimum absolute atomic E-state index is 0.218. The first-order valence-corrected chi connectivity index (χ1v) is 17.4. The van der Waals surface area contributed by atoms with E-state index in [-0.39, 0.29) is 11.8 Å². The summed E-state index contributed by atoms with van der Waals surface area (Å²) in [5, 5.41) is 45.2. The number of hydrogen-bond acceptors (Lipinski definition) is 6. The molecule has 3 unspecified atom stereocenters. The number of phenols is 1. The molecule has 0 fully saturated rings. The smallest absolute Gasteiger partial charge is 0.123 e. The Kier molecular flexibility index (Phi) is 21.8. The van der Waals surface area contributed by atoms with Gasteiger partial charge in [0.05, 0.1) is 18.0 Å². The highest BCUT2D eigenvalue weighted by Gasteiger charge is 2.28. The number of benzene rings is 2. The summed E-state index contributed by atoms with van der Waals surface area (Å²) in [6, 6.07) is 13.5. The Balaban J connectivity index is 0.000000459. The van der Waals surface area contributed by atoms with Crippen molar-refractivity contribution in [3.8, 4) is 16.9 Å². The number of nitrogens with zero attached hydrogens (tertiary/aromatic N) is 2. The number of aliphatic hydroxyl groups is 1. The van der Waals surface area contributed by atoms with Gasteiger partial charge in [-0.1, -0.05) is 152 Å². The van der Waals surface area contributed by atoms with Crippen molar-refractivity contribution < 1.29 is 20.6 Å². The maximum absolute atomic E-state index is 10.5. The fourth-order valence-electron chi connectivity index (χ4n) is 5.77. The van der Waals surface area contributed by atoms with Crippen molar-refractivity contribution in [1.82, 2.24) is 0 Å². The van der Waals surface area contributed by atoms with Crippen LogP contribution in [0.4, 0.5) is 0 Å². The van der Waals surface area contributed by atoms with E-state index in [9.17, 15) is 15.4 Å². The van der Waals surface area contributed by atoms with Gasteiger partial charge in [0.25, 0.3) is 0 Å². The highest BCUT2D eigenvalue weighted by Crippen LogP contribution is 2.31. The Hall–Kier alpha value is -2.86. The molecule has 0 saturated heterocycles. The number of oxime groups is 2. The van der Waals surface area contributed by atoms with Crippen molar-refractivity contribution in [2.45, 2.75) is 143 Å². The molecule has 0 bridgehead atoms. The topological polar surface area (TPSA) is 106 Å². The van der Waals surface area contributed by atoms with Crippen LogP contribution in [-0.4, -0.2) is 38.7 Å². The van der Waals surface area contributed by atoms with Crippen LogP contribution in [0.25, 0.3) is 11.1 Å². The minimum atomic E-state index is -0.580. The molecular formula is C38H62N2O4. The zero-order chi connectivity index (χ0) is 32.6. The molecule has 0 amide bonds.